The van der Waals surface area contributed by atoms with Crippen LogP contribution in [0.25, 0.3) is 0 Å². The first-order chi connectivity index (χ1) is 15.3. The number of sulfonamides is 1. The highest BCUT2D eigenvalue weighted by Crippen LogP contribution is 2.21. The van der Waals surface area contributed by atoms with E-state index in [9.17, 15) is 13.2 Å². The van der Waals surface area contributed by atoms with Crippen molar-refractivity contribution in [1.82, 2.24) is 14.2 Å². The number of aromatic nitrogens is 1. The number of hydrogen-bond acceptors (Lipinski definition) is 6. The van der Waals surface area contributed by atoms with Gasteiger partial charge in [0.2, 0.25) is 10.0 Å². The van der Waals surface area contributed by atoms with Crippen molar-refractivity contribution in [2.75, 3.05) is 31.5 Å². The Kier molecular flexibility index (Phi) is 6.78. The predicted molar refractivity (Wildman–Crippen MR) is 122 cm³/mol. The molecule has 3 heterocycles. The van der Waals surface area contributed by atoms with Crippen molar-refractivity contribution in [3.63, 3.8) is 0 Å². The molecule has 0 radical (unpaired) electrons. The number of rotatable bonds is 6. The second kappa shape index (κ2) is 9.56. The molecule has 2 unspecified atom stereocenters. The number of benzene rings is 1. The summed E-state index contributed by atoms with van der Waals surface area (Å²) in [4.78, 5) is 19.1. The molecule has 2 aliphatic heterocycles. The maximum atomic E-state index is 12.8. The molecule has 8 nitrogen and oxygen atoms in total. The molecule has 2 aromatic rings. The Morgan fingerprint density at radius 1 is 1.06 bits per heavy atom. The van der Waals surface area contributed by atoms with Crippen molar-refractivity contribution in [3.8, 4) is 0 Å². The molecule has 0 saturated carbocycles. The molecule has 0 aliphatic carbocycles. The topological polar surface area (TPSA) is 91.8 Å². The molecule has 1 aromatic heterocycles. The van der Waals surface area contributed by atoms with E-state index in [-0.39, 0.29) is 23.0 Å². The van der Waals surface area contributed by atoms with Crippen LogP contribution < -0.4 is 5.32 Å². The third kappa shape index (κ3) is 5.11. The van der Waals surface area contributed by atoms with Crippen molar-refractivity contribution < 1.29 is 17.9 Å². The normalized spacial score (nSPS) is 22.1. The number of pyridine rings is 1. The quantitative estimate of drug-likeness (QED) is 0.716. The molecule has 4 rings (SSSR count). The molecular weight excluding hydrogens is 428 g/mol. The van der Waals surface area contributed by atoms with E-state index >= 15 is 0 Å². The maximum absolute atomic E-state index is 12.8. The summed E-state index contributed by atoms with van der Waals surface area (Å²) in [6.45, 7) is 6.82. The molecule has 2 aliphatic rings. The van der Waals surface area contributed by atoms with Gasteiger partial charge in [0.05, 0.1) is 12.2 Å². The fourth-order valence-electron chi connectivity index (χ4n) is 4.20. The zero-order valence-corrected chi connectivity index (χ0v) is 19.3. The van der Waals surface area contributed by atoms with Crippen LogP contribution in [0.1, 0.15) is 42.6 Å². The SMILES string of the molecule is CC1CN(C(=O)c2ccc(CNc3ccc(S(=O)(=O)N4CCCC4)cn3)cc2)CC(C)O1. The highest BCUT2D eigenvalue weighted by Gasteiger charge is 2.28. The summed E-state index contributed by atoms with van der Waals surface area (Å²) < 4.78 is 32.4. The zero-order valence-electron chi connectivity index (χ0n) is 18.5. The number of carbonyl (C=O) groups is 1. The summed E-state index contributed by atoms with van der Waals surface area (Å²) in [6.07, 6.45) is 3.29. The van der Waals surface area contributed by atoms with E-state index in [0.717, 1.165) is 18.4 Å². The molecule has 1 N–H and O–H groups in total. The number of nitrogens with zero attached hydrogens (tertiary/aromatic N) is 3. The van der Waals surface area contributed by atoms with Gasteiger partial charge in [-0.25, -0.2) is 13.4 Å². The number of anilines is 1. The monoisotopic (exact) mass is 458 g/mol. The van der Waals surface area contributed by atoms with Gasteiger partial charge in [-0.3, -0.25) is 4.79 Å². The van der Waals surface area contributed by atoms with Crippen LogP contribution in [0, 0.1) is 0 Å². The lowest BCUT2D eigenvalue weighted by molar-refractivity contribution is -0.0586. The van der Waals surface area contributed by atoms with Crippen LogP contribution in [-0.2, 0) is 21.3 Å². The van der Waals surface area contributed by atoms with Gasteiger partial charge < -0.3 is 15.0 Å². The fourth-order valence-corrected chi connectivity index (χ4v) is 5.66. The molecule has 1 amide bonds. The zero-order chi connectivity index (χ0) is 22.7. The van der Waals surface area contributed by atoms with Gasteiger partial charge in [0, 0.05) is 44.5 Å². The lowest BCUT2D eigenvalue weighted by Crippen LogP contribution is -2.48. The number of carbonyl (C=O) groups excluding carboxylic acids is 1. The molecule has 2 saturated heterocycles. The van der Waals surface area contributed by atoms with Crippen molar-refractivity contribution in [2.45, 2.75) is 50.3 Å². The van der Waals surface area contributed by atoms with E-state index in [0.29, 0.717) is 44.1 Å². The number of nitrogens with one attached hydrogen (secondary N) is 1. The van der Waals surface area contributed by atoms with E-state index in [1.807, 2.05) is 43.0 Å². The van der Waals surface area contributed by atoms with Gasteiger partial charge in [-0.05, 0) is 56.5 Å². The van der Waals surface area contributed by atoms with Crippen molar-refractivity contribution in [1.29, 1.82) is 0 Å². The first-order valence-electron chi connectivity index (χ1n) is 11.1. The first kappa shape index (κ1) is 22.7. The number of morpholine rings is 1. The van der Waals surface area contributed by atoms with Crippen LogP contribution in [-0.4, -0.2) is 66.9 Å². The molecule has 9 heteroatoms. The highest BCUT2D eigenvalue weighted by atomic mass is 32.2. The van der Waals surface area contributed by atoms with Gasteiger partial charge in [-0.2, -0.15) is 4.31 Å². The van der Waals surface area contributed by atoms with Gasteiger partial charge in [-0.15, -0.1) is 0 Å². The molecule has 1 aromatic carbocycles. The highest BCUT2D eigenvalue weighted by molar-refractivity contribution is 7.89. The largest absolute Gasteiger partial charge is 0.372 e. The van der Waals surface area contributed by atoms with Crippen LogP contribution in [0.5, 0.6) is 0 Å². The third-order valence-electron chi connectivity index (χ3n) is 5.82. The smallest absolute Gasteiger partial charge is 0.254 e. The number of hydrogen-bond donors (Lipinski definition) is 1. The Labute approximate surface area is 189 Å². The minimum absolute atomic E-state index is 0.0166. The lowest BCUT2D eigenvalue weighted by atomic mass is 10.1. The van der Waals surface area contributed by atoms with E-state index in [2.05, 4.69) is 10.3 Å². The predicted octanol–water partition coefficient (Wildman–Crippen LogP) is 2.73. The third-order valence-corrected chi connectivity index (χ3v) is 7.70. The van der Waals surface area contributed by atoms with Gasteiger partial charge in [0.15, 0.2) is 0 Å². The molecule has 0 spiro atoms. The molecular formula is C23H30N4O4S. The standard InChI is InChI=1S/C23H30N4O4S/c1-17-15-26(16-18(2)31-17)23(28)20-7-5-19(6-8-20)13-24-22-10-9-21(14-25-22)32(29,30)27-11-3-4-12-27/h5-10,14,17-18H,3-4,11-13,15-16H2,1-2H3,(H,24,25). The minimum Gasteiger partial charge on any atom is -0.372 e. The second-order valence-corrected chi connectivity index (χ2v) is 10.4. The van der Waals surface area contributed by atoms with E-state index in [4.69, 9.17) is 4.74 Å². The van der Waals surface area contributed by atoms with Crippen LogP contribution in [0.15, 0.2) is 47.5 Å². The van der Waals surface area contributed by atoms with Gasteiger partial charge in [-0.1, -0.05) is 12.1 Å². The average Bonchev–Trinajstić information content (AvgIpc) is 3.33. The summed E-state index contributed by atoms with van der Waals surface area (Å²) in [5, 5.41) is 3.20. The van der Waals surface area contributed by atoms with Crippen molar-refractivity contribution in [2.24, 2.45) is 0 Å². The van der Waals surface area contributed by atoms with Gasteiger partial charge in [0.25, 0.3) is 5.91 Å². The Morgan fingerprint density at radius 3 is 2.31 bits per heavy atom. The van der Waals surface area contributed by atoms with Crippen LogP contribution >= 0.6 is 0 Å². The van der Waals surface area contributed by atoms with Crippen molar-refractivity contribution >= 4 is 21.7 Å². The van der Waals surface area contributed by atoms with Gasteiger partial charge in [0.1, 0.15) is 10.7 Å². The first-order valence-corrected chi connectivity index (χ1v) is 12.5. The molecule has 2 fully saturated rings. The lowest BCUT2D eigenvalue weighted by Gasteiger charge is -2.35. The van der Waals surface area contributed by atoms with Gasteiger partial charge >= 0.3 is 0 Å². The Morgan fingerprint density at radius 2 is 1.72 bits per heavy atom. The van der Waals surface area contributed by atoms with Crippen molar-refractivity contribution in [3.05, 3.63) is 53.7 Å². The molecule has 0 bridgehead atoms. The fraction of sp³-hybridized carbons (Fsp3) is 0.478. The molecule has 172 valence electrons. The number of amides is 1. The summed E-state index contributed by atoms with van der Waals surface area (Å²) in [5.41, 5.74) is 1.66. The Balaban J connectivity index is 1.34. The van der Waals surface area contributed by atoms with Crippen LogP contribution in [0.4, 0.5) is 5.82 Å². The minimum atomic E-state index is -3.45. The molecule has 2 atom stereocenters. The Hall–Kier alpha value is -2.49. The van der Waals surface area contributed by atoms with E-state index in [1.54, 1.807) is 12.1 Å². The maximum Gasteiger partial charge on any atom is 0.254 e. The summed E-state index contributed by atoms with van der Waals surface area (Å²) >= 11 is 0. The molecule has 32 heavy (non-hydrogen) atoms. The average molecular weight is 459 g/mol. The van der Waals surface area contributed by atoms with E-state index in [1.165, 1.54) is 10.5 Å². The summed E-state index contributed by atoms with van der Waals surface area (Å²) in [5.74, 6) is 0.616. The van der Waals surface area contributed by atoms with Crippen LogP contribution in [0.3, 0.4) is 0 Å². The summed E-state index contributed by atoms with van der Waals surface area (Å²) in [7, 11) is -3.45. The summed E-state index contributed by atoms with van der Waals surface area (Å²) in [6, 6.07) is 10.8. The van der Waals surface area contributed by atoms with Crippen LogP contribution in [0.2, 0.25) is 0 Å². The Bertz CT molecular complexity index is 1020. The van der Waals surface area contributed by atoms with E-state index < -0.39 is 10.0 Å². The number of ether oxygens (including phenoxy) is 1. The second-order valence-electron chi connectivity index (χ2n) is 8.51.